The maximum atomic E-state index is 12.9. The van der Waals surface area contributed by atoms with Crippen LogP contribution in [0.1, 0.15) is 11.7 Å². The molecule has 1 aliphatic rings. The number of ether oxygens (including phenoxy) is 1. The van der Waals surface area contributed by atoms with Crippen LogP contribution >= 0.6 is 0 Å². The van der Waals surface area contributed by atoms with Crippen molar-refractivity contribution in [1.82, 2.24) is 0 Å². The Labute approximate surface area is 166 Å². The summed E-state index contributed by atoms with van der Waals surface area (Å²) in [5, 5.41) is 79.4. The van der Waals surface area contributed by atoms with Crippen LogP contribution in [0, 0.1) is 0 Å². The smallest absolute Gasteiger partial charge is 0.204 e. The Morgan fingerprint density at radius 3 is 2.13 bits per heavy atom. The highest BCUT2D eigenvalue weighted by molar-refractivity contribution is 5.96. The van der Waals surface area contributed by atoms with Crippen molar-refractivity contribution in [3.63, 3.8) is 0 Å². The van der Waals surface area contributed by atoms with E-state index in [-0.39, 0.29) is 16.6 Å². The number of fused-ring (bicyclic) bond motifs is 2. The van der Waals surface area contributed by atoms with E-state index in [2.05, 4.69) is 0 Å². The third-order valence-electron chi connectivity index (χ3n) is 5.23. The van der Waals surface area contributed by atoms with Crippen molar-refractivity contribution >= 4 is 21.9 Å². The van der Waals surface area contributed by atoms with Crippen molar-refractivity contribution in [1.29, 1.82) is 0 Å². The van der Waals surface area contributed by atoms with E-state index in [1.54, 1.807) is 0 Å². The van der Waals surface area contributed by atoms with Crippen molar-refractivity contribution in [3.8, 4) is 23.0 Å². The van der Waals surface area contributed by atoms with Gasteiger partial charge in [0.25, 0.3) is 0 Å². The van der Waals surface area contributed by atoms with Gasteiger partial charge in [-0.3, -0.25) is 4.79 Å². The Morgan fingerprint density at radius 1 is 0.833 bits per heavy atom. The lowest BCUT2D eigenvalue weighted by atomic mass is 9.89. The second-order valence-electron chi connectivity index (χ2n) is 7.05. The molecular weight excluding hydrogens is 404 g/mol. The predicted octanol–water partition coefficient (Wildman–Crippen LogP) is -0.717. The molecule has 8 N–H and O–H groups in total. The van der Waals surface area contributed by atoms with Gasteiger partial charge >= 0.3 is 0 Å². The van der Waals surface area contributed by atoms with Crippen LogP contribution < -0.4 is 5.43 Å². The van der Waals surface area contributed by atoms with Crippen LogP contribution in [0.15, 0.2) is 27.4 Å². The molecule has 0 amide bonds. The molecule has 0 saturated carbocycles. The summed E-state index contributed by atoms with van der Waals surface area (Å²) in [4.78, 5) is 12.9. The lowest BCUT2D eigenvalue weighted by molar-refractivity contribution is -0.232. The third kappa shape index (κ3) is 2.83. The third-order valence-corrected chi connectivity index (χ3v) is 5.23. The molecule has 0 spiro atoms. The zero-order valence-corrected chi connectivity index (χ0v) is 15.1. The minimum absolute atomic E-state index is 0.123. The lowest BCUT2D eigenvalue weighted by Gasteiger charge is -2.40. The number of hydrogen-bond acceptors (Lipinski definition) is 11. The largest absolute Gasteiger partial charge is 0.507 e. The van der Waals surface area contributed by atoms with E-state index in [1.807, 2.05) is 0 Å². The summed E-state index contributed by atoms with van der Waals surface area (Å²) < 4.78 is 10.8. The first kappa shape index (κ1) is 20.2. The highest BCUT2D eigenvalue weighted by Crippen LogP contribution is 2.45. The molecular formula is C19H18O11. The number of benzene rings is 2. The fourth-order valence-corrected chi connectivity index (χ4v) is 3.64. The summed E-state index contributed by atoms with van der Waals surface area (Å²) in [5.41, 5.74) is -1.66. The Hall–Kier alpha value is -3.09. The average molecular weight is 422 g/mol. The average Bonchev–Trinajstić information content (AvgIpc) is 2.69. The molecule has 30 heavy (non-hydrogen) atoms. The molecule has 0 radical (unpaired) electrons. The number of phenolic OH excluding ortho intramolecular Hbond substituents is 4. The molecule has 11 heteroatoms. The maximum absolute atomic E-state index is 12.9. The molecule has 1 fully saturated rings. The Balaban J connectivity index is 1.98. The lowest BCUT2D eigenvalue weighted by Crippen LogP contribution is -2.55. The van der Waals surface area contributed by atoms with Crippen LogP contribution in [0.5, 0.6) is 23.0 Å². The van der Waals surface area contributed by atoms with Crippen molar-refractivity contribution in [2.45, 2.75) is 30.5 Å². The van der Waals surface area contributed by atoms with E-state index in [1.165, 1.54) is 0 Å². The molecule has 2 unspecified atom stereocenters. The zero-order valence-electron chi connectivity index (χ0n) is 15.1. The number of aromatic hydroxyl groups is 4. The van der Waals surface area contributed by atoms with Crippen LogP contribution in [0.2, 0.25) is 0 Å². The Bertz CT molecular complexity index is 1200. The van der Waals surface area contributed by atoms with E-state index in [4.69, 9.17) is 9.15 Å². The highest BCUT2D eigenvalue weighted by atomic mass is 16.5. The summed E-state index contributed by atoms with van der Waals surface area (Å²) in [6.45, 7) is -0.730. The topological polar surface area (TPSA) is 201 Å². The van der Waals surface area contributed by atoms with Gasteiger partial charge in [0.1, 0.15) is 58.6 Å². The summed E-state index contributed by atoms with van der Waals surface area (Å²) in [6.07, 6.45) is -8.16. The predicted molar refractivity (Wildman–Crippen MR) is 99.4 cm³/mol. The molecule has 5 atom stereocenters. The van der Waals surface area contributed by atoms with E-state index in [9.17, 15) is 45.6 Å². The minimum Gasteiger partial charge on any atom is -0.507 e. The summed E-state index contributed by atoms with van der Waals surface area (Å²) >= 11 is 0. The summed E-state index contributed by atoms with van der Waals surface area (Å²) in [7, 11) is 0. The number of phenols is 4. The van der Waals surface area contributed by atoms with Crippen molar-refractivity contribution in [2.24, 2.45) is 0 Å². The zero-order chi connectivity index (χ0) is 21.9. The summed E-state index contributed by atoms with van der Waals surface area (Å²) in [6, 6.07) is 2.90. The number of rotatable bonds is 2. The number of aliphatic hydroxyl groups is 4. The van der Waals surface area contributed by atoms with Crippen LogP contribution in [0.4, 0.5) is 0 Å². The molecule has 2 aromatic carbocycles. The first-order valence-corrected chi connectivity index (χ1v) is 8.83. The van der Waals surface area contributed by atoms with E-state index >= 15 is 0 Å². The van der Waals surface area contributed by atoms with Gasteiger partial charge in [0, 0.05) is 12.1 Å². The first-order valence-electron chi connectivity index (χ1n) is 8.83. The van der Waals surface area contributed by atoms with Crippen LogP contribution in [0.3, 0.4) is 0 Å². The molecule has 1 aliphatic heterocycles. The van der Waals surface area contributed by atoms with Gasteiger partial charge in [0.2, 0.25) is 5.43 Å². The van der Waals surface area contributed by atoms with Crippen LogP contribution in [-0.4, -0.2) is 71.9 Å². The van der Waals surface area contributed by atoms with Gasteiger partial charge < -0.3 is 50.0 Å². The van der Waals surface area contributed by atoms with Gasteiger partial charge in [0.05, 0.1) is 17.6 Å². The van der Waals surface area contributed by atoms with E-state index in [0.29, 0.717) is 0 Å². The normalized spacial score (nSPS) is 27.0. The van der Waals surface area contributed by atoms with Gasteiger partial charge in [0.15, 0.2) is 11.5 Å². The second-order valence-corrected chi connectivity index (χ2v) is 7.05. The quantitative estimate of drug-likeness (QED) is 0.191. The van der Waals surface area contributed by atoms with Crippen molar-refractivity contribution < 1.29 is 50.0 Å². The number of hydrogen-bond donors (Lipinski definition) is 8. The van der Waals surface area contributed by atoms with Crippen molar-refractivity contribution in [3.05, 3.63) is 34.0 Å². The minimum atomic E-state index is -1.81. The van der Waals surface area contributed by atoms with Crippen LogP contribution in [0.25, 0.3) is 21.9 Å². The van der Waals surface area contributed by atoms with Gasteiger partial charge in [-0.05, 0) is 6.07 Å². The molecule has 0 aliphatic carbocycles. The molecule has 1 aromatic heterocycles. The Morgan fingerprint density at radius 2 is 1.47 bits per heavy atom. The molecule has 160 valence electrons. The maximum Gasteiger partial charge on any atom is 0.204 e. The molecule has 4 rings (SSSR count). The van der Waals surface area contributed by atoms with E-state index in [0.717, 1.165) is 18.2 Å². The second kappa shape index (κ2) is 7.00. The highest BCUT2D eigenvalue weighted by Gasteiger charge is 2.46. The van der Waals surface area contributed by atoms with E-state index < -0.39 is 76.5 Å². The van der Waals surface area contributed by atoms with Gasteiger partial charge in [-0.1, -0.05) is 0 Å². The molecule has 11 nitrogen and oxygen atoms in total. The monoisotopic (exact) mass is 422 g/mol. The Kier molecular flexibility index (Phi) is 4.71. The molecule has 2 heterocycles. The molecule has 1 saturated heterocycles. The molecule has 0 bridgehead atoms. The molecule has 3 aromatic rings. The van der Waals surface area contributed by atoms with Gasteiger partial charge in [-0.15, -0.1) is 0 Å². The fraction of sp³-hybridized carbons (Fsp3) is 0.316. The van der Waals surface area contributed by atoms with Gasteiger partial charge in [-0.2, -0.15) is 0 Å². The van der Waals surface area contributed by atoms with Crippen LogP contribution in [-0.2, 0) is 4.74 Å². The summed E-state index contributed by atoms with van der Waals surface area (Å²) in [5.74, 6) is -2.62. The fourth-order valence-electron chi connectivity index (χ4n) is 3.64. The SMILES string of the molecule is O=c1c2cc(O)c(O)cc2oc2cc(O)c([C@@H]3OC(CO)[C@@H](O)C(O)[C@@H]3O)c(O)c12. The van der Waals surface area contributed by atoms with Crippen molar-refractivity contribution in [2.75, 3.05) is 6.61 Å². The first-order chi connectivity index (χ1) is 14.1. The standard InChI is InChI=1S/C19H18O11/c20-4-11-15(25)17(27)18(28)19(30-11)12-8(23)3-10-13(16(12)26)14(24)5-1-6(21)7(22)2-9(5)29-10/h1-3,11,15,17-23,25-28H,4H2/t11?,15-,17?,18+,19+/m1/s1. The number of aliphatic hydroxyl groups excluding tert-OH is 4. The van der Waals surface area contributed by atoms with Gasteiger partial charge in [-0.25, -0.2) is 0 Å².